The van der Waals surface area contributed by atoms with Crippen LogP contribution in [0, 0.1) is 0 Å². The van der Waals surface area contributed by atoms with Crippen molar-refractivity contribution in [3.05, 3.63) is 63.7 Å². The Kier molecular flexibility index (Phi) is 3.27. The SMILES string of the molecule is COc1c2c(c(OC)c3c1C(=O)c1ccccc1C3=O)CCC=C2. The minimum Gasteiger partial charge on any atom is -0.496 e. The van der Waals surface area contributed by atoms with Gasteiger partial charge in [0.1, 0.15) is 11.5 Å². The van der Waals surface area contributed by atoms with Crippen molar-refractivity contribution < 1.29 is 19.1 Å². The van der Waals surface area contributed by atoms with Crippen molar-refractivity contribution in [3.8, 4) is 11.5 Å². The first-order valence-corrected chi connectivity index (χ1v) is 7.84. The van der Waals surface area contributed by atoms with Crippen molar-refractivity contribution in [3.63, 3.8) is 0 Å². The summed E-state index contributed by atoms with van der Waals surface area (Å²) in [6, 6.07) is 6.89. The Bertz CT molecular complexity index is 922. The lowest BCUT2D eigenvalue weighted by atomic mass is 9.79. The zero-order chi connectivity index (χ0) is 16.8. The molecule has 0 saturated heterocycles. The van der Waals surface area contributed by atoms with E-state index in [-0.39, 0.29) is 11.6 Å². The summed E-state index contributed by atoms with van der Waals surface area (Å²) in [5.41, 5.74) is 3.23. The van der Waals surface area contributed by atoms with Crippen molar-refractivity contribution in [2.75, 3.05) is 14.2 Å². The molecule has 0 bridgehead atoms. The molecular formula is C20H16O4. The van der Waals surface area contributed by atoms with Crippen LogP contribution >= 0.6 is 0 Å². The highest BCUT2D eigenvalue weighted by Crippen LogP contribution is 2.45. The fourth-order valence-electron chi connectivity index (χ4n) is 3.64. The summed E-state index contributed by atoms with van der Waals surface area (Å²) < 4.78 is 11.1. The van der Waals surface area contributed by atoms with Gasteiger partial charge in [-0.25, -0.2) is 0 Å². The number of allylic oxidation sites excluding steroid dienone is 1. The van der Waals surface area contributed by atoms with Crippen molar-refractivity contribution in [2.24, 2.45) is 0 Å². The monoisotopic (exact) mass is 320 g/mol. The Morgan fingerprint density at radius 3 is 2.04 bits per heavy atom. The van der Waals surface area contributed by atoms with Crippen LogP contribution in [-0.2, 0) is 6.42 Å². The summed E-state index contributed by atoms with van der Waals surface area (Å²) in [6.45, 7) is 0. The lowest BCUT2D eigenvalue weighted by Gasteiger charge is -2.27. The molecule has 4 nitrogen and oxygen atoms in total. The van der Waals surface area contributed by atoms with Gasteiger partial charge < -0.3 is 9.47 Å². The van der Waals surface area contributed by atoms with E-state index in [0.29, 0.717) is 33.8 Å². The first kappa shape index (κ1) is 14.7. The average Bonchev–Trinajstić information content (AvgIpc) is 2.64. The highest BCUT2D eigenvalue weighted by atomic mass is 16.5. The number of rotatable bonds is 2. The molecule has 2 aromatic carbocycles. The van der Waals surface area contributed by atoms with Crippen LogP contribution in [0.3, 0.4) is 0 Å². The minimum atomic E-state index is -0.197. The number of fused-ring (bicyclic) bond motifs is 3. The van der Waals surface area contributed by atoms with Gasteiger partial charge in [0.25, 0.3) is 0 Å². The Morgan fingerprint density at radius 2 is 1.46 bits per heavy atom. The smallest absolute Gasteiger partial charge is 0.198 e. The van der Waals surface area contributed by atoms with Crippen LogP contribution < -0.4 is 9.47 Å². The third-order valence-electron chi connectivity index (χ3n) is 4.67. The maximum Gasteiger partial charge on any atom is 0.198 e. The number of methoxy groups -OCH3 is 2. The fraction of sp³-hybridized carbons (Fsp3) is 0.200. The zero-order valence-electron chi connectivity index (χ0n) is 13.5. The number of ether oxygens (including phenoxy) is 2. The van der Waals surface area contributed by atoms with Crippen molar-refractivity contribution >= 4 is 17.6 Å². The molecule has 0 aromatic heterocycles. The quantitative estimate of drug-likeness (QED) is 0.726. The third-order valence-corrected chi connectivity index (χ3v) is 4.67. The molecule has 0 N–H and O–H groups in total. The first-order chi connectivity index (χ1) is 11.7. The molecule has 0 atom stereocenters. The van der Waals surface area contributed by atoms with Gasteiger partial charge in [-0.2, -0.15) is 0 Å². The van der Waals surface area contributed by atoms with Gasteiger partial charge in [-0.1, -0.05) is 36.4 Å². The number of hydrogen-bond donors (Lipinski definition) is 0. The molecule has 24 heavy (non-hydrogen) atoms. The maximum absolute atomic E-state index is 13.1. The van der Waals surface area contributed by atoms with E-state index in [1.807, 2.05) is 12.2 Å². The van der Waals surface area contributed by atoms with Gasteiger partial charge in [-0.05, 0) is 12.8 Å². The third kappa shape index (κ3) is 1.80. The minimum absolute atomic E-state index is 0.187. The standard InChI is InChI=1S/C20H16O4/c1-23-19-13-9-5-6-10-14(13)20(24-2)16-15(19)17(21)11-7-3-4-8-12(11)18(16)22/h3-5,7-9H,6,10H2,1-2H3. The van der Waals surface area contributed by atoms with E-state index in [9.17, 15) is 9.59 Å². The second-order valence-corrected chi connectivity index (χ2v) is 5.85. The molecule has 0 spiro atoms. The molecule has 0 heterocycles. The van der Waals surface area contributed by atoms with Crippen LogP contribution in [0.1, 0.15) is 49.4 Å². The summed E-state index contributed by atoms with van der Waals surface area (Å²) in [5.74, 6) is 0.576. The van der Waals surface area contributed by atoms with E-state index < -0.39 is 0 Å². The molecule has 4 rings (SSSR count). The molecule has 0 fully saturated rings. The summed E-state index contributed by atoms with van der Waals surface area (Å²) in [6.07, 6.45) is 5.60. The van der Waals surface area contributed by atoms with Gasteiger partial charge in [0.15, 0.2) is 11.6 Å². The summed E-state index contributed by atoms with van der Waals surface area (Å²) in [4.78, 5) is 26.2. The van der Waals surface area contributed by atoms with E-state index in [0.717, 1.165) is 24.0 Å². The van der Waals surface area contributed by atoms with Crippen LogP contribution in [-0.4, -0.2) is 25.8 Å². The molecule has 120 valence electrons. The van der Waals surface area contributed by atoms with E-state index in [2.05, 4.69) is 0 Å². The van der Waals surface area contributed by atoms with Crippen molar-refractivity contribution in [1.82, 2.24) is 0 Å². The van der Waals surface area contributed by atoms with Crippen molar-refractivity contribution in [1.29, 1.82) is 0 Å². The highest BCUT2D eigenvalue weighted by Gasteiger charge is 2.38. The van der Waals surface area contributed by atoms with Gasteiger partial charge >= 0.3 is 0 Å². The Balaban J connectivity index is 2.14. The van der Waals surface area contributed by atoms with E-state index in [1.165, 1.54) is 7.11 Å². The molecule has 0 saturated carbocycles. The predicted octanol–water partition coefficient (Wildman–Crippen LogP) is 3.44. The maximum atomic E-state index is 13.1. The average molecular weight is 320 g/mol. The van der Waals surface area contributed by atoms with Gasteiger partial charge in [-0.15, -0.1) is 0 Å². The summed E-state index contributed by atoms with van der Waals surface area (Å²) in [5, 5.41) is 0. The lowest BCUT2D eigenvalue weighted by Crippen LogP contribution is -2.24. The number of hydrogen-bond acceptors (Lipinski definition) is 4. The number of carbonyl (C=O) groups is 2. The lowest BCUT2D eigenvalue weighted by molar-refractivity contribution is 0.0973. The predicted molar refractivity (Wildman–Crippen MR) is 90.2 cm³/mol. The van der Waals surface area contributed by atoms with Crippen LogP contribution in [0.25, 0.3) is 6.08 Å². The number of benzene rings is 2. The second kappa shape index (κ2) is 5.34. The topological polar surface area (TPSA) is 52.6 Å². The Morgan fingerprint density at radius 1 is 0.875 bits per heavy atom. The van der Waals surface area contributed by atoms with E-state index in [4.69, 9.17) is 9.47 Å². The molecule has 0 amide bonds. The summed E-state index contributed by atoms with van der Waals surface area (Å²) >= 11 is 0. The summed E-state index contributed by atoms with van der Waals surface area (Å²) in [7, 11) is 3.07. The number of carbonyl (C=O) groups excluding carboxylic acids is 2. The Hall–Kier alpha value is -2.88. The van der Waals surface area contributed by atoms with E-state index >= 15 is 0 Å². The molecule has 4 heteroatoms. The zero-order valence-corrected chi connectivity index (χ0v) is 13.5. The molecule has 0 aliphatic heterocycles. The molecule has 0 unspecified atom stereocenters. The largest absolute Gasteiger partial charge is 0.496 e. The molecular weight excluding hydrogens is 304 g/mol. The van der Waals surface area contributed by atoms with Gasteiger partial charge in [0, 0.05) is 22.3 Å². The molecule has 2 aromatic rings. The normalized spacial score (nSPS) is 14.8. The van der Waals surface area contributed by atoms with Gasteiger partial charge in [-0.3, -0.25) is 9.59 Å². The highest BCUT2D eigenvalue weighted by molar-refractivity contribution is 6.30. The van der Waals surface area contributed by atoms with Gasteiger partial charge in [0.05, 0.1) is 25.3 Å². The molecule has 0 radical (unpaired) electrons. The van der Waals surface area contributed by atoms with Crippen LogP contribution in [0.15, 0.2) is 30.3 Å². The van der Waals surface area contributed by atoms with E-state index in [1.54, 1.807) is 31.4 Å². The fourth-order valence-corrected chi connectivity index (χ4v) is 3.64. The van der Waals surface area contributed by atoms with Crippen molar-refractivity contribution in [2.45, 2.75) is 12.8 Å². The van der Waals surface area contributed by atoms with Gasteiger partial charge in [0.2, 0.25) is 0 Å². The number of ketones is 2. The molecule has 2 aliphatic rings. The Labute approximate surface area is 139 Å². The molecule has 2 aliphatic carbocycles. The first-order valence-electron chi connectivity index (χ1n) is 7.84. The van der Waals surface area contributed by atoms with Crippen LogP contribution in [0.2, 0.25) is 0 Å². The second-order valence-electron chi connectivity index (χ2n) is 5.85. The van der Waals surface area contributed by atoms with Crippen LogP contribution in [0.4, 0.5) is 0 Å². The van der Waals surface area contributed by atoms with Crippen LogP contribution in [0.5, 0.6) is 11.5 Å².